The molecule has 4 aromatic rings. The normalized spacial score (nSPS) is 11.2. The van der Waals surface area contributed by atoms with Crippen molar-refractivity contribution >= 4 is 34.5 Å². The SMILES string of the molecule is CN(C)CCCCc1cc2c(NCCCc3ccc(C#N)cn3)nc(-c3ccc(Cl)cc3Cl)cn2n1. The minimum atomic E-state index is 0.545. The lowest BCUT2D eigenvalue weighted by Crippen LogP contribution is -2.12. The van der Waals surface area contributed by atoms with Gasteiger partial charge in [-0.05, 0) is 89.1 Å². The van der Waals surface area contributed by atoms with E-state index in [1.54, 1.807) is 18.3 Å². The highest BCUT2D eigenvalue weighted by molar-refractivity contribution is 6.36. The Morgan fingerprint density at radius 1 is 1.03 bits per heavy atom. The van der Waals surface area contributed by atoms with Gasteiger partial charge in [0.25, 0.3) is 0 Å². The first kappa shape index (κ1) is 25.9. The van der Waals surface area contributed by atoms with E-state index >= 15 is 0 Å². The van der Waals surface area contributed by atoms with E-state index in [1.807, 2.05) is 28.9 Å². The number of unbranched alkanes of at least 4 members (excludes halogenated alkanes) is 1. The van der Waals surface area contributed by atoms with Crippen LogP contribution in [0.15, 0.2) is 48.8 Å². The molecule has 0 saturated carbocycles. The molecule has 0 unspecified atom stereocenters. The van der Waals surface area contributed by atoms with Crippen molar-refractivity contribution < 1.29 is 0 Å². The number of halogens is 2. The predicted octanol–water partition coefficient (Wildman–Crippen LogP) is 5.90. The maximum atomic E-state index is 8.94. The minimum absolute atomic E-state index is 0.545. The van der Waals surface area contributed by atoms with Crippen molar-refractivity contribution in [3.8, 4) is 17.3 Å². The van der Waals surface area contributed by atoms with Crippen LogP contribution in [0.1, 0.15) is 36.2 Å². The molecule has 4 rings (SSSR count). The third-order valence-corrected chi connectivity index (χ3v) is 6.40. The fourth-order valence-electron chi connectivity index (χ4n) is 3.97. The molecule has 7 nitrogen and oxygen atoms in total. The van der Waals surface area contributed by atoms with Gasteiger partial charge < -0.3 is 10.2 Å². The number of aryl methyl sites for hydroxylation is 2. The molecular formula is C27H29Cl2N7. The smallest absolute Gasteiger partial charge is 0.152 e. The van der Waals surface area contributed by atoms with E-state index in [9.17, 15) is 0 Å². The highest BCUT2D eigenvalue weighted by Gasteiger charge is 2.14. The van der Waals surface area contributed by atoms with E-state index in [1.165, 1.54) is 0 Å². The summed E-state index contributed by atoms with van der Waals surface area (Å²) < 4.78 is 1.89. The zero-order valence-electron chi connectivity index (χ0n) is 20.5. The zero-order valence-corrected chi connectivity index (χ0v) is 22.0. The molecule has 0 atom stereocenters. The molecule has 0 aliphatic carbocycles. The number of nitrogens with zero attached hydrogens (tertiary/aromatic N) is 6. The van der Waals surface area contributed by atoms with Crippen molar-refractivity contribution in [3.63, 3.8) is 0 Å². The van der Waals surface area contributed by atoms with E-state index < -0.39 is 0 Å². The summed E-state index contributed by atoms with van der Waals surface area (Å²) in [6.45, 7) is 1.78. The van der Waals surface area contributed by atoms with Crippen LogP contribution in [0.3, 0.4) is 0 Å². The van der Waals surface area contributed by atoms with E-state index in [0.717, 1.165) is 72.6 Å². The number of aromatic nitrogens is 4. The van der Waals surface area contributed by atoms with Gasteiger partial charge in [0.15, 0.2) is 5.82 Å². The molecule has 9 heteroatoms. The van der Waals surface area contributed by atoms with Crippen molar-refractivity contribution in [1.82, 2.24) is 24.5 Å². The quantitative estimate of drug-likeness (QED) is 0.247. The van der Waals surface area contributed by atoms with Gasteiger partial charge in [0.05, 0.1) is 28.2 Å². The molecule has 3 aromatic heterocycles. The average Bonchev–Trinajstić information content (AvgIpc) is 3.27. The maximum absolute atomic E-state index is 8.94. The second-order valence-electron chi connectivity index (χ2n) is 9.01. The lowest BCUT2D eigenvalue weighted by atomic mass is 10.1. The molecule has 186 valence electrons. The number of fused-ring (bicyclic) bond motifs is 1. The molecule has 1 N–H and O–H groups in total. The van der Waals surface area contributed by atoms with Gasteiger partial charge in [-0.1, -0.05) is 23.2 Å². The summed E-state index contributed by atoms with van der Waals surface area (Å²) in [7, 11) is 4.19. The van der Waals surface area contributed by atoms with Crippen LogP contribution in [0.5, 0.6) is 0 Å². The van der Waals surface area contributed by atoms with Crippen LogP contribution in [-0.2, 0) is 12.8 Å². The molecule has 36 heavy (non-hydrogen) atoms. The van der Waals surface area contributed by atoms with Crippen LogP contribution in [0.2, 0.25) is 10.0 Å². The first-order chi connectivity index (χ1) is 17.4. The van der Waals surface area contributed by atoms with Crippen molar-refractivity contribution in [3.05, 3.63) is 75.8 Å². The van der Waals surface area contributed by atoms with Gasteiger partial charge in [-0.3, -0.25) is 4.98 Å². The molecule has 0 spiro atoms. The van der Waals surface area contributed by atoms with Crippen LogP contribution in [0.25, 0.3) is 16.8 Å². The fraction of sp³-hybridized carbons (Fsp3) is 0.333. The van der Waals surface area contributed by atoms with Crippen LogP contribution >= 0.6 is 23.2 Å². The second kappa shape index (κ2) is 12.2. The lowest BCUT2D eigenvalue weighted by Gasteiger charge is -2.11. The molecule has 3 heterocycles. The van der Waals surface area contributed by atoms with Gasteiger partial charge in [0, 0.05) is 29.0 Å². The van der Waals surface area contributed by atoms with Crippen LogP contribution in [0, 0.1) is 11.3 Å². The van der Waals surface area contributed by atoms with E-state index in [0.29, 0.717) is 22.2 Å². The zero-order chi connectivity index (χ0) is 25.5. The summed E-state index contributed by atoms with van der Waals surface area (Å²) in [4.78, 5) is 11.5. The number of nitrogens with one attached hydrogen (secondary N) is 1. The highest BCUT2D eigenvalue weighted by atomic mass is 35.5. The monoisotopic (exact) mass is 521 g/mol. The van der Waals surface area contributed by atoms with Gasteiger partial charge in [-0.25, -0.2) is 9.50 Å². The topological polar surface area (TPSA) is 82.1 Å². The Hall–Kier alpha value is -3.18. The first-order valence-corrected chi connectivity index (χ1v) is 12.8. The Balaban J connectivity index is 1.53. The molecular weight excluding hydrogens is 493 g/mol. The van der Waals surface area contributed by atoms with Crippen molar-refractivity contribution in [2.45, 2.75) is 32.1 Å². The van der Waals surface area contributed by atoms with E-state index in [4.69, 9.17) is 38.5 Å². The van der Waals surface area contributed by atoms with Crippen LogP contribution in [0.4, 0.5) is 5.82 Å². The number of rotatable bonds is 11. The molecule has 0 bridgehead atoms. The summed E-state index contributed by atoms with van der Waals surface area (Å²) in [5, 5.41) is 18.4. The molecule has 0 saturated heterocycles. The Kier molecular flexibility index (Phi) is 8.76. The third-order valence-electron chi connectivity index (χ3n) is 5.86. The summed E-state index contributed by atoms with van der Waals surface area (Å²) in [5.41, 5.74) is 5.03. The Bertz CT molecular complexity index is 1360. The number of anilines is 1. The van der Waals surface area contributed by atoms with Crippen molar-refractivity contribution in [2.24, 2.45) is 0 Å². The molecule has 0 amide bonds. The Morgan fingerprint density at radius 2 is 1.86 bits per heavy atom. The molecule has 1 aromatic carbocycles. The lowest BCUT2D eigenvalue weighted by molar-refractivity contribution is 0.394. The summed E-state index contributed by atoms with van der Waals surface area (Å²) in [5.74, 6) is 0.762. The fourth-order valence-corrected chi connectivity index (χ4v) is 4.48. The van der Waals surface area contributed by atoms with E-state index in [2.05, 4.69) is 41.4 Å². The van der Waals surface area contributed by atoms with Crippen molar-refractivity contribution in [2.75, 3.05) is 32.5 Å². The van der Waals surface area contributed by atoms with Gasteiger partial charge >= 0.3 is 0 Å². The van der Waals surface area contributed by atoms with Gasteiger partial charge in [-0.2, -0.15) is 10.4 Å². The van der Waals surface area contributed by atoms with Crippen LogP contribution < -0.4 is 5.32 Å². The standard InChI is InChI=1S/C27H29Cl2N7/c1-35(2)13-4-3-6-22-15-26-27(31-12-5-7-21-10-8-19(16-30)17-32-21)33-25(18-36(26)34-22)23-11-9-20(28)14-24(23)29/h8-11,14-15,17-18H,3-7,12-13H2,1-2H3,(H,31,33). The first-order valence-electron chi connectivity index (χ1n) is 12.0. The minimum Gasteiger partial charge on any atom is -0.368 e. The number of benzene rings is 1. The van der Waals surface area contributed by atoms with Gasteiger partial charge in [-0.15, -0.1) is 0 Å². The maximum Gasteiger partial charge on any atom is 0.152 e. The summed E-state index contributed by atoms with van der Waals surface area (Å²) >= 11 is 12.6. The highest BCUT2D eigenvalue weighted by Crippen LogP contribution is 2.31. The molecule has 0 aliphatic rings. The average molecular weight is 522 g/mol. The molecule has 0 radical (unpaired) electrons. The van der Waals surface area contributed by atoms with Gasteiger partial charge in [0.2, 0.25) is 0 Å². The van der Waals surface area contributed by atoms with Crippen molar-refractivity contribution in [1.29, 1.82) is 5.26 Å². The van der Waals surface area contributed by atoms with E-state index in [-0.39, 0.29) is 0 Å². The Labute approximate surface area is 221 Å². The number of pyridine rings is 1. The molecule has 0 aliphatic heterocycles. The molecule has 0 fully saturated rings. The van der Waals surface area contributed by atoms with Crippen LogP contribution in [-0.4, -0.2) is 51.7 Å². The predicted molar refractivity (Wildman–Crippen MR) is 146 cm³/mol. The summed E-state index contributed by atoms with van der Waals surface area (Å²) in [6, 6.07) is 13.3. The third kappa shape index (κ3) is 6.73. The second-order valence-corrected chi connectivity index (χ2v) is 9.85. The largest absolute Gasteiger partial charge is 0.368 e. The number of hydrogen-bond acceptors (Lipinski definition) is 6. The number of nitriles is 1. The Morgan fingerprint density at radius 3 is 2.58 bits per heavy atom. The van der Waals surface area contributed by atoms with Gasteiger partial charge in [0.1, 0.15) is 11.6 Å². The summed E-state index contributed by atoms with van der Waals surface area (Å²) in [6.07, 6.45) is 8.30. The number of hydrogen-bond donors (Lipinski definition) is 1.